The molecule has 0 aromatic carbocycles. The van der Waals surface area contributed by atoms with Gasteiger partial charge in [0, 0.05) is 28.4 Å². The molecule has 1 saturated heterocycles. The minimum atomic E-state index is 0.276. The molecule has 2 aliphatic rings. The molecule has 2 nitrogen and oxygen atoms in total. The smallest absolute Gasteiger partial charge is 0.0478 e. The Morgan fingerprint density at radius 1 is 1.24 bits per heavy atom. The first-order valence-corrected chi connectivity index (χ1v) is 9.30. The molecule has 118 valence electrons. The molecular formula is C18H30N2S. The summed E-state index contributed by atoms with van der Waals surface area (Å²) in [4.78, 5) is 5.68. The van der Waals surface area contributed by atoms with Gasteiger partial charge >= 0.3 is 0 Å². The maximum Gasteiger partial charge on any atom is 0.0478 e. The van der Waals surface area contributed by atoms with Gasteiger partial charge in [-0.2, -0.15) is 0 Å². The van der Waals surface area contributed by atoms with Gasteiger partial charge in [0.25, 0.3) is 0 Å². The van der Waals surface area contributed by atoms with E-state index in [9.17, 15) is 0 Å². The molecule has 0 bridgehead atoms. The van der Waals surface area contributed by atoms with Crippen molar-refractivity contribution in [1.82, 2.24) is 10.2 Å². The van der Waals surface area contributed by atoms with Crippen molar-refractivity contribution in [3.05, 3.63) is 21.9 Å². The van der Waals surface area contributed by atoms with Gasteiger partial charge in [-0.05, 0) is 62.7 Å². The number of hydrogen-bond donors (Lipinski definition) is 1. The number of hydrogen-bond acceptors (Lipinski definition) is 3. The standard InChI is InChI=1S/C18H30N2S/c1-18(2,3)16-10-9-15(21-16)17-13(6-5-11-20(17)4)12-19-14-7-8-14/h9-10,13-14,17,19H,5-8,11-12H2,1-4H3. The van der Waals surface area contributed by atoms with Gasteiger partial charge in [0.2, 0.25) is 0 Å². The number of nitrogens with one attached hydrogen (secondary N) is 1. The fourth-order valence-electron chi connectivity index (χ4n) is 3.44. The van der Waals surface area contributed by atoms with Crippen molar-refractivity contribution in [2.24, 2.45) is 5.92 Å². The molecular weight excluding hydrogens is 276 g/mol. The van der Waals surface area contributed by atoms with E-state index < -0.39 is 0 Å². The van der Waals surface area contributed by atoms with Gasteiger partial charge in [-0.15, -0.1) is 11.3 Å². The fourth-order valence-corrected chi connectivity index (χ4v) is 4.77. The van der Waals surface area contributed by atoms with Crippen LogP contribution in [0.4, 0.5) is 0 Å². The quantitative estimate of drug-likeness (QED) is 0.897. The molecule has 1 N–H and O–H groups in total. The Hall–Kier alpha value is -0.380. The van der Waals surface area contributed by atoms with Crippen molar-refractivity contribution in [2.75, 3.05) is 20.1 Å². The van der Waals surface area contributed by atoms with Gasteiger partial charge in [0.15, 0.2) is 0 Å². The van der Waals surface area contributed by atoms with Gasteiger partial charge < -0.3 is 5.32 Å². The van der Waals surface area contributed by atoms with Crippen LogP contribution in [0.25, 0.3) is 0 Å². The second kappa shape index (κ2) is 6.02. The molecule has 2 unspecified atom stereocenters. The highest BCUT2D eigenvalue weighted by Gasteiger charge is 2.33. The van der Waals surface area contributed by atoms with Crippen LogP contribution in [0, 0.1) is 5.92 Å². The second-order valence-electron chi connectivity index (χ2n) is 7.96. The Balaban J connectivity index is 1.75. The number of likely N-dealkylation sites (tertiary alicyclic amines) is 1. The maximum absolute atomic E-state index is 3.76. The van der Waals surface area contributed by atoms with Crippen LogP contribution in [0.5, 0.6) is 0 Å². The van der Waals surface area contributed by atoms with Crippen LogP contribution in [0.15, 0.2) is 12.1 Å². The Kier molecular flexibility index (Phi) is 4.45. The third-order valence-corrected chi connectivity index (χ3v) is 6.49. The average molecular weight is 307 g/mol. The van der Waals surface area contributed by atoms with E-state index in [1.54, 1.807) is 4.88 Å². The molecule has 2 heterocycles. The number of rotatable bonds is 4. The van der Waals surface area contributed by atoms with E-state index in [1.807, 2.05) is 11.3 Å². The lowest BCUT2D eigenvalue weighted by Crippen LogP contribution is -2.40. The van der Waals surface area contributed by atoms with Crippen LogP contribution in [0.3, 0.4) is 0 Å². The molecule has 1 aromatic heterocycles. The largest absolute Gasteiger partial charge is 0.314 e. The van der Waals surface area contributed by atoms with Gasteiger partial charge in [-0.3, -0.25) is 4.90 Å². The molecule has 0 amide bonds. The van der Waals surface area contributed by atoms with Crippen molar-refractivity contribution >= 4 is 11.3 Å². The molecule has 2 fully saturated rings. The molecule has 2 atom stereocenters. The minimum Gasteiger partial charge on any atom is -0.314 e. The number of nitrogens with zero attached hydrogens (tertiary/aromatic N) is 1. The number of piperidine rings is 1. The Labute approximate surface area is 133 Å². The summed E-state index contributed by atoms with van der Waals surface area (Å²) in [5.74, 6) is 0.774. The SMILES string of the molecule is CN1CCCC(CNC2CC2)C1c1ccc(C(C)(C)C)s1. The van der Waals surface area contributed by atoms with E-state index in [4.69, 9.17) is 0 Å². The van der Waals surface area contributed by atoms with Crippen LogP contribution < -0.4 is 5.32 Å². The van der Waals surface area contributed by atoms with Crippen LogP contribution in [-0.2, 0) is 5.41 Å². The molecule has 1 aliphatic heterocycles. The lowest BCUT2D eigenvalue weighted by atomic mass is 9.88. The topological polar surface area (TPSA) is 15.3 Å². The second-order valence-corrected chi connectivity index (χ2v) is 9.08. The molecule has 1 aromatic rings. The average Bonchev–Trinajstić information content (AvgIpc) is 3.10. The molecule has 0 radical (unpaired) electrons. The van der Waals surface area contributed by atoms with Crippen molar-refractivity contribution in [3.8, 4) is 0 Å². The first kappa shape index (κ1) is 15.5. The van der Waals surface area contributed by atoms with Crippen molar-refractivity contribution in [1.29, 1.82) is 0 Å². The third kappa shape index (κ3) is 3.69. The molecule has 3 heteroatoms. The Morgan fingerprint density at radius 2 is 2.00 bits per heavy atom. The van der Waals surface area contributed by atoms with Crippen molar-refractivity contribution in [2.45, 2.75) is 64.0 Å². The van der Waals surface area contributed by atoms with Crippen LogP contribution in [-0.4, -0.2) is 31.1 Å². The predicted molar refractivity (Wildman–Crippen MR) is 92.1 cm³/mol. The summed E-state index contributed by atoms with van der Waals surface area (Å²) in [5.41, 5.74) is 0.276. The van der Waals surface area contributed by atoms with Gasteiger partial charge in [0.1, 0.15) is 0 Å². The van der Waals surface area contributed by atoms with Gasteiger partial charge in [-0.25, -0.2) is 0 Å². The van der Waals surface area contributed by atoms with Crippen molar-refractivity contribution in [3.63, 3.8) is 0 Å². The summed E-state index contributed by atoms with van der Waals surface area (Å²) in [6, 6.07) is 6.19. The Morgan fingerprint density at radius 3 is 2.62 bits per heavy atom. The summed E-state index contributed by atoms with van der Waals surface area (Å²) in [6.07, 6.45) is 5.50. The van der Waals surface area contributed by atoms with E-state index in [1.165, 1.54) is 43.6 Å². The molecule has 0 spiro atoms. The summed E-state index contributed by atoms with van der Waals surface area (Å²) in [5, 5.41) is 3.76. The first-order chi connectivity index (χ1) is 9.95. The van der Waals surface area contributed by atoms with E-state index in [0.717, 1.165) is 12.0 Å². The summed E-state index contributed by atoms with van der Waals surface area (Å²) >= 11 is 2.03. The highest BCUT2D eigenvalue weighted by atomic mass is 32.1. The summed E-state index contributed by atoms with van der Waals surface area (Å²) in [7, 11) is 2.31. The van der Waals surface area contributed by atoms with E-state index >= 15 is 0 Å². The summed E-state index contributed by atoms with van der Waals surface area (Å²) in [6.45, 7) is 9.40. The zero-order chi connectivity index (χ0) is 15.0. The van der Waals surface area contributed by atoms with Crippen LogP contribution >= 0.6 is 11.3 Å². The normalized spacial score (nSPS) is 28.0. The highest BCUT2D eigenvalue weighted by Crippen LogP contribution is 2.40. The van der Waals surface area contributed by atoms with Crippen LogP contribution in [0.2, 0.25) is 0 Å². The minimum absolute atomic E-state index is 0.276. The number of thiophene rings is 1. The molecule has 21 heavy (non-hydrogen) atoms. The van der Waals surface area contributed by atoms with Gasteiger partial charge in [0.05, 0.1) is 0 Å². The lowest BCUT2D eigenvalue weighted by Gasteiger charge is -2.39. The Bertz CT molecular complexity index is 470. The van der Waals surface area contributed by atoms with E-state index in [-0.39, 0.29) is 5.41 Å². The third-order valence-electron chi connectivity index (χ3n) is 4.91. The van der Waals surface area contributed by atoms with E-state index in [2.05, 4.69) is 50.2 Å². The predicted octanol–water partition coefficient (Wildman–Crippen LogP) is 4.18. The zero-order valence-electron chi connectivity index (χ0n) is 14.0. The maximum atomic E-state index is 3.76. The molecule has 1 saturated carbocycles. The zero-order valence-corrected chi connectivity index (χ0v) is 14.8. The van der Waals surface area contributed by atoms with E-state index in [0.29, 0.717) is 6.04 Å². The van der Waals surface area contributed by atoms with Crippen LogP contribution in [0.1, 0.15) is 62.3 Å². The first-order valence-electron chi connectivity index (χ1n) is 8.49. The molecule has 1 aliphatic carbocycles. The monoisotopic (exact) mass is 306 g/mol. The van der Waals surface area contributed by atoms with Gasteiger partial charge in [-0.1, -0.05) is 20.8 Å². The highest BCUT2D eigenvalue weighted by molar-refractivity contribution is 7.12. The molecule has 3 rings (SSSR count). The lowest BCUT2D eigenvalue weighted by molar-refractivity contribution is 0.122. The summed E-state index contributed by atoms with van der Waals surface area (Å²) < 4.78 is 0. The van der Waals surface area contributed by atoms with Crippen molar-refractivity contribution < 1.29 is 0 Å². The fraction of sp³-hybridized carbons (Fsp3) is 0.778.